The highest BCUT2D eigenvalue weighted by Crippen LogP contribution is 2.45. The molecule has 0 spiro atoms. The number of carbonyl (C=O) groups excluding carboxylic acids is 2. The summed E-state index contributed by atoms with van der Waals surface area (Å²) in [4.78, 5) is 35.7. The Kier molecular flexibility index (Phi) is 3.75. The molecule has 1 aliphatic heterocycles. The molecule has 0 radical (unpaired) electrons. The Balaban J connectivity index is 1.86. The van der Waals surface area contributed by atoms with E-state index in [2.05, 4.69) is 5.32 Å². The molecule has 0 saturated heterocycles. The first kappa shape index (κ1) is 15.7. The number of carbonyl (C=O) groups is 2. The van der Waals surface area contributed by atoms with E-state index in [-0.39, 0.29) is 17.3 Å². The van der Waals surface area contributed by atoms with Crippen molar-refractivity contribution in [1.82, 2.24) is 5.32 Å². The minimum atomic E-state index is -0.445. The van der Waals surface area contributed by atoms with Gasteiger partial charge in [-0.25, -0.2) is 0 Å². The van der Waals surface area contributed by atoms with E-state index in [0.29, 0.717) is 24.0 Å². The molecule has 1 N–H and O–H groups in total. The first-order valence-corrected chi connectivity index (χ1v) is 8.60. The summed E-state index contributed by atoms with van der Waals surface area (Å²) in [5.74, 6) is -0.253. The van der Waals surface area contributed by atoms with Gasteiger partial charge in [0, 0.05) is 53.4 Å². The van der Waals surface area contributed by atoms with Crippen LogP contribution in [0, 0.1) is 10.1 Å². The number of non-ortho nitro benzene ring substituents is 1. The van der Waals surface area contributed by atoms with Crippen LogP contribution < -0.4 is 5.32 Å². The van der Waals surface area contributed by atoms with Gasteiger partial charge in [-0.3, -0.25) is 19.7 Å². The van der Waals surface area contributed by atoms with Gasteiger partial charge < -0.3 is 5.32 Å². The Morgan fingerprint density at radius 1 is 0.880 bits per heavy atom. The van der Waals surface area contributed by atoms with Crippen LogP contribution in [-0.2, 0) is 9.59 Å². The average molecular weight is 338 g/mol. The second kappa shape index (κ2) is 5.95. The molecule has 1 aromatic carbocycles. The molecule has 6 nitrogen and oxygen atoms in total. The quantitative estimate of drug-likeness (QED) is 0.660. The second-order valence-corrected chi connectivity index (χ2v) is 6.74. The van der Waals surface area contributed by atoms with Crippen molar-refractivity contribution in [3.63, 3.8) is 0 Å². The molecule has 1 heterocycles. The van der Waals surface area contributed by atoms with Crippen molar-refractivity contribution in [1.29, 1.82) is 0 Å². The Morgan fingerprint density at radius 3 is 1.88 bits per heavy atom. The van der Waals surface area contributed by atoms with Gasteiger partial charge in [-0.15, -0.1) is 0 Å². The highest BCUT2D eigenvalue weighted by Gasteiger charge is 2.40. The summed E-state index contributed by atoms with van der Waals surface area (Å²) in [6.07, 6.45) is 4.20. The van der Waals surface area contributed by atoms with E-state index in [1.54, 1.807) is 12.1 Å². The first-order chi connectivity index (χ1) is 12.1. The third-order valence-corrected chi connectivity index (χ3v) is 5.23. The molecule has 0 fully saturated rings. The van der Waals surface area contributed by atoms with Crippen LogP contribution >= 0.6 is 0 Å². The highest BCUT2D eigenvalue weighted by molar-refractivity contribution is 6.06. The third kappa shape index (κ3) is 2.58. The SMILES string of the molecule is O=C1CCCC2=C1C(c1ccc([N+](=O)[O-])cc1)C1=C(CCCC1=O)N2. The molecule has 3 aliphatic rings. The van der Waals surface area contributed by atoms with E-state index in [1.807, 2.05) is 0 Å². The van der Waals surface area contributed by atoms with Gasteiger partial charge in [0.25, 0.3) is 5.69 Å². The molecule has 0 unspecified atom stereocenters. The van der Waals surface area contributed by atoms with Crippen LogP contribution in [0.5, 0.6) is 0 Å². The summed E-state index contributed by atoms with van der Waals surface area (Å²) in [5, 5.41) is 14.3. The molecular weight excluding hydrogens is 320 g/mol. The van der Waals surface area contributed by atoms with Gasteiger partial charge in [-0.05, 0) is 31.2 Å². The molecule has 25 heavy (non-hydrogen) atoms. The maximum Gasteiger partial charge on any atom is 0.269 e. The van der Waals surface area contributed by atoms with Gasteiger partial charge in [0.15, 0.2) is 11.6 Å². The first-order valence-electron chi connectivity index (χ1n) is 8.60. The standard InChI is InChI=1S/C19H18N2O4/c22-15-5-1-3-13-18(15)17(11-7-9-12(10-8-11)21(24)25)19-14(20-13)4-2-6-16(19)23/h7-10,17,20H,1-6H2. The normalized spacial score (nSPS) is 21.0. The molecule has 6 heteroatoms. The van der Waals surface area contributed by atoms with E-state index < -0.39 is 10.8 Å². The summed E-state index contributed by atoms with van der Waals surface area (Å²) < 4.78 is 0. The van der Waals surface area contributed by atoms with Gasteiger partial charge >= 0.3 is 0 Å². The number of hydrogen-bond donors (Lipinski definition) is 1. The molecule has 0 atom stereocenters. The monoisotopic (exact) mass is 338 g/mol. The van der Waals surface area contributed by atoms with Gasteiger partial charge in [0.1, 0.15) is 0 Å². The lowest BCUT2D eigenvalue weighted by Gasteiger charge is -2.37. The van der Waals surface area contributed by atoms with Crippen molar-refractivity contribution < 1.29 is 14.5 Å². The van der Waals surface area contributed by atoms with Crippen LogP contribution in [0.15, 0.2) is 46.8 Å². The number of nitrogens with zero attached hydrogens (tertiary/aromatic N) is 1. The molecule has 4 rings (SSSR count). The smallest absolute Gasteiger partial charge is 0.269 e. The van der Waals surface area contributed by atoms with Gasteiger partial charge in [-0.1, -0.05) is 12.1 Å². The lowest BCUT2D eigenvalue weighted by Crippen LogP contribution is -2.36. The van der Waals surface area contributed by atoms with E-state index in [0.717, 1.165) is 42.6 Å². The molecule has 0 aromatic heterocycles. The highest BCUT2D eigenvalue weighted by atomic mass is 16.6. The summed E-state index contributed by atoms with van der Waals surface area (Å²) in [6, 6.07) is 6.23. The number of nitro groups is 1. The Bertz CT molecular complexity index is 807. The summed E-state index contributed by atoms with van der Waals surface area (Å²) in [5.41, 5.74) is 3.98. The van der Waals surface area contributed by atoms with Crippen molar-refractivity contribution in [2.75, 3.05) is 0 Å². The molecule has 0 bridgehead atoms. The fourth-order valence-electron chi connectivity index (χ4n) is 4.11. The number of allylic oxidation sites excluding steroid dienone is 4. The fourth-order valence-corrected chi connectivity index (χ4v) is 4.11. The number of rotatable bonds is 2. The van der Waals surface area contributed by atoms with Gasteiger partial charge in [0.2, 0.25) is 0 Å². The molecule has 0 saturated carbocycles. The number of ketones is 2. The third-order valence-electron chi connectivity index (χ3n) is 5.23. The van der Waals surface area contributed by atoms with Crippen molar-refractivity contribution in [3.05, 3.63) is 62.5 Å². The van der Waals surface area contributed by atoms with Crippen LogP contribution in [0.4, 0.5) is 5.69 Å². The van der Waals surface area contributed by atoms with Crippen LogP contribution in [-0.4, -0.2) is 16.5 Å². The number of benzene rings is 1. The van der Waals surface area contributed by atoms with Crippen LogP contribution in [0.3, 0.4) is 0 Å². The van der Waals surface area contributed by atoms with Crippen molar-refractivity contribution in [3.8, 4) is 0 Å². The molecule has 128 valence electrons. The number of Topliss-reactive ketones (excluding diaryl/α,β-unsaturated/α-hetero) is 2. The number of hydrogen-bond acceptors (Lipinski definition) is 5. The van der Waals surface area contributed by atoms with Crippen molar-refractivity contribution in [2.45, 2.75) is 44.4 Å². The van der Waals surface area contributed by atoms with Gasteiger partial charge in [0.05, 0.1) is 4.92 Å². The van der Waals surface area contributed by atoms with E-state index in [9.17, 15) is 19.7 Å². The Labute approximate surface area is 144 Å². The minimum Gasteiger partial charge on any atom is -0.362 e. The molecular formula is C19H18N2O4. The Morgan fingerprint density at radius 2 is 1.40 bits per heavy atom. The predicted molar refractivity (Wildman–Crippen MR) is 90.7 cm³/mol. The van der Waals surface area contributed by atoms with Crippen LogP contribution in [0.25, 0.3) is 0 Å². The zero-order valence-electron chi connectivity index (χ0n) is 13.7. The topological polar surface area (TPSA) is 89.3 Å². The zero-order chi connectivity index (χ0) is 17.6. The zero-order valence-corrected chi connectivity index (χ0v) is 13.7. The van der Waals surface area contributed by atoms with Crippen LogP contribution in [0.1, 0.15) is 50.0 Å². The summed E-state index contributed by atoms with van der Waals surface area (Å²) in [6.45, 7) is 0. The summed E-state index contributed by atoms with van der Waals surface area (Å²) in [7, 11) is 0. The molecule has 0 amide bonds. The van der Waals surface area contributed by atoms with Crippen molar-refractivity contribution in [2.24, 2.45) is 0 Å². The van der Waals surface area contributed by atoms with E-state index in [1.165, 1.54) is 12.1 Å². The maximum absolute atomic E-state index is 12.6. The second-order valence-electron chi connectivity index (χ2n) is 6.74. The number of nitro benzene ring substituents is 1. The Hall–Kier alpha value is -2.76. The predicted octanol–water partition coefficient (Wildman–Crippen LogP) is 3.30. The van der Waals surface area contributed by atoms with E-state index in [4.69, 9.17) is 0 Å². The minimum absolute atomic E-state index is 0.00559. The lowest BCUT2D eigenvalue weighted by molar-refractivity contribution is -0.384. The fraction of sp³-hybridized carbons (Fsp3) is 0.368. The van der Waals surface area contributed by atoms with Gasteiger partial charge in [-0.2, -0.15) is 0 Å². The largest absolute Gasteiger partial charge is 0.362 e. The number of nitrogens with one attached hydrogen (secondary N) is 1. The maximum atomic E-state index is 12.6. The average Bonchev–Trinajstić information content (AvgIpc) is 2.60. The van der Waals surface area contributed by atoms with Crippen molar-refractivity contribution >= 4 is 17.3 Å². The summed E-state index contributed by atoms with van der Waals surface area (Å²) >= 11 is 0. The van der Waals surface area contributed by atoms with Crippen LogP contribution in [0.2, 0.25) is 0 Å². The van der Waals surface area contributed by atoms with E-state index >= 15 is 0 Å². The number of dihydropyridines is 1. The molecule has 2 aliphatic carbocycles. The molecule has 1 aromatic rings. The lowest BCUT2D eigenvalue weighted by atomic mass is 9.71.